The number of fused-ring (bicyclic) bond motifs is 4. The van der Waals surface area contributed by atoms with Crippen LogP contribution in [0, 0.1) is 19.0 Å². The topological polar surface area (TPSA) is 24.3 Å². The Morgan fingerprint density at radius 2 is 1.60 bits per heavy atom. The number of hydrogen-bond acceptors (Lipinski definition) is 3. The van der Waals surface area contributed by atoms with E-state index in [9.17, 15) is 0 Å². The molecule has 4 nitrogen and oxygen atoms in total. The van der Waals surface area contributed by atoms with Crippen molar-refractivity contribution in [1.29, 1.82) is 0 Å². The second-order valence-electron chi connectivity index (χ2n) is 10.7. The second kappa shape index (κ2) is 10.1. The van der Waals surface area contributed by atoms with Gasteiger partial charge < -0.3 is 14.4 Å². The van der Waals surface area contributed by atoms with Gasteiger partial charge in [0.05, 0.1) is 26.1 Å². The quantitative estimate of drug-likeness (QED) is 0.155. The molecule has 0 radical (unpaired) electrons. The molecule has 0 bridgehead atoms. The number of aryl methyl sites for hydroxylation is 1. The minimum atomic E-state index is -2.25. The molecule has 3 heterocycles. The van der Waals surface area contributed by atoms with E-state index < -0.39 is 14.9 Å². The van der Waals surface area contributed by atoms with Crippen LogP contribution in [-0.4, -0.2) is 31.3 Å². The van der Waals surface area contributed by atoms with Crippen molar-refractivity contribution in [1.82, 2.24) is 9.55 Å². The van der Waals surface area contributed by atoms with E-state index in [4.69, 9.17) is 4.11 Å². The van der Waals surface area contributed by atoms with Gasteiger partial charge in [0.2, 0.25) is 0 Å². The molecular weight excluding hydrogens is 688 g/mol. The Bertz CT molecular complexity index is 1980. The maximum atomic E-state index is 7.95. The molecule has 2 aromatic heterocycles. The van der Waals surface area contributed by atoms with Crippen molar-refractivity contribution in [3.8, 4) is 5.82 Å². The molecule has 0 unspecified atom stereocenters. The largest absolute Gasteiger partial charge is 2.00 e. The predicted molar refractivity (Wildman–Crippen MR) is 166 cm³/mol. The fourth-order valence-electron chi connectivity index (χ4n) is 5.75. The average Bonchev–Trinajstić information content (AvgIpc) is 3.51. The molecule has 0 aliphatic carbocycles. The van der Waals surface area contributed by atoms with Gasteiger partial charge in [0.15, 0.2) is 0 Å². The molecule has 6 heteroatoms. The summed E-state index contributed by atoms with van der Waals surface area (Å²) in [4.78, 5) is 9.19. The molecule has 1 aliphatic rings. The van der Waals surface area contributed by atoms with Gasteiger partial charge in [0.1, 0.15) is 5.82 Å². The molecule has 1 aliphatic heterocycles. The van der Waals surface area contributed by atoms with Crippen molar-refractivity contribution in [2.24, 2.45) is 0 Å². The van der Waals surface area contributed by atoms with Gasteiger partial charge in [-0.1, -0.05) is 54.6 Å². The number of nitrogens with zero attached hydrogens (tertiary/aromatic N) is 4. The van der Waals surface area contributed by atoms with Gasteiger partial charge in [0.25, 0.3) is 0 Å². The van der Waals surface area contributed by atoms with Crippen LogP contribution in [0.1, 0.15) is 9.68 Å². The molecule has 0 spiro atoms. The van der Waals surface area contributed by atoms with E-state index in [2.05, 4.69) is 114 Å². The van der Waals surface area contributed by atoms with Gasteiger partial charge in [-0.15, -0.1) is 11.5 Å². The van der Waals surface area contributed by atoms with Gasteiger partial charge in [-0.25, -0.2) is 4.98 Å². The summed E-state index contributed by atoms with van der Waals surface area (Å²) in [5.74, 6) is 0.577. The molecule has 6 aromatic rings. The van der Waals surface area contributed by atoms with Crippen LogP contribution in [-0.2, 0) is 21.1 Å². The second-order valence-corrected chi connectivity index (χ2v) is 15.0. The van der Waals surface area contributed by atoms with Gasteiger partial charge >= 0.3 is 21.1 Å². The van der Waals surface area contributed by atoms with Crippen molar-refractivity contribution in [2.45, 2.75) is 19.9 Å². The van der Waals surface area contributed by atoms with E-state index >= 15 is 0 Å². The minimum absolute atomic E-state index is 0. The third-order valence-corrected chi connectivity index (χ3v) is 11.2. The number of rotatable bonds is 4. The summed E-state index contributed by atoms with van der Waals surface area (Å²) in [7, 11) is -0.134. The first-order chi connectivity index (χ1) is 20.1. The zero-order chi connectivity index (χ0) is 29.2. The molecule has 0 saturated carbocycles. The number of benzene rings is 4. The summed E-state index contributed by atoms with van der Waals surface area (Å²) in [6.07, 6.45) is 1.58. The molecule has 7 rings (SSSR count). The Morgan fingerprint density at radius 1 is 0.825 bits per heavy atom. The first-order valence-electron chi connectivity index (χ1n) is 14.7. The normalized spacial score (nSPS) is 14.5. The van der Waals surface area contributed by atoms with Crippen molar-refractivity contribution in [2.75, 3.05) is 23.5 Å². The Kier molecular flexibility index (Phi) is 5.81. The molecule has 4 aromatic carbocycles. The van der Waals surface area contributed by atoms with Crippen LogP contribution in [0.5, 0.6) is 0 Å². The van der Waals surface area contributed by atoms with Crippen molar-refractivity contribution >= 4 is 57.3 Å². The molecular formula is C34H30N4PtSi. The summed E-state index contributed by atoms with van der Waals surface area (Å²) >= 11 is 0. The summed E-state index contributed by atoms with van der Waals surface area (Å²) in [5.41, 5.74) is 5.61. The number of hydrogen-bond donors (Lipinski definition) is 0. The number of anilines is 3. The average molecular weight is 721 g/mol. The smallest absolute Gasteiger partial charge is 0.355 e. The van der Waals surface area contributed by atoms with Crippen LogP contribution in [0.3, 0.4) is 0 Å². The fourth-order valence-corrected chi connectivity index (χ4v) is 7.92. The number of para-hydroxylation sites is 3. The summed E-state index contributed by atoms with van der Waals surface area (Å²) in [6.45, 7) is 3.24. The molecule has 0 fully saturated rings. The third-order valence-electron chi connectivity index (χ3n) is 7.91. The zero-order valence-electron chi connectivity index (χ0n) is 25.5. The maximum Gasteiger partial charge on any atom is 2.00 e. The Hall–Kier alpha value is -3.66. The predicted octanol–water partition coefficient (Wildman–Crippen LogP) is 6.45. The van der Waals surface area contributed by atoms with Crippen LogP contribution in [0.4, 0.5) is 17.1 Å². The van der Waals surface area contributed by atoms with Gasteiger partial charge in [0, 0.05) is 22.9 Å². The van der Waals surface area contributed by atoms with Crippen molar-refractivity contribution in [3.05, 3.63) is 115 Å². The standard InChI is InChI=1S/C34H30N4Si.Pt/c1-24-18-19-35-34(20-24)38-30-13-6-5-12-28(30)29-17-16-27(22-33(29)38)39(3,4)26-11-9-10-25(21-26)37-23-36(2)31-14-7-8-15-32(31)37;/h5-20H,23H2,1-4H3;/q-2;+2/i1D3;. The van der Waals surface area contributed by atoms with Crippen molar-refractivity contribution in [3.63, 3.8) is 0 Å². The van der Waals surface area contributed by atoms with Crippen LogP contribution in [0.2, 0.25) is 13.1 Å². The van der Waals surface area contributed by atoms with E-state index in [1.165, 1.54) is 16.6 Å². The van der Waals surface area contributed by atoms with Gasteiger partial charge in [-0.2, -0.15) is 46.8 Å². The summed E-state index contributed by atoms with van der Waals surface area (Å²) in [5, 5.41) is 4.50. The van der Waals surface area contributed by atoms with Gasteiger partial charge in [-0.3, -0.25) is 0 Å². The van der Waals surface area contributed by atoms with Gasteiger partial charge in [-0.05, 0) is 48.1 Å². The van der Waals surface area contributed by atoms with Crippen molar-refractivity contribution < 1.29 is 25.2 Å². The van der Waals surface area contributed by atoms with E-state index in [1.54, 1.807) is 18.3 Å². The maximum absolute atomic E-state index is 7.95. The molecule has 40 heavy (non-hydrogen) atoms. The monoisotopic (exact) mass is 720 g/mol. The minimum Gasteiger partial charge on any atom is -0.355 e. The Balaban J connectivity index is 0.00000329. The van der Waals surface area contributed by atoms with Crippen LogP contribution < -0.4 is 20.2 Å². The van der Waals surface area contributed by atoms with Crippen LogP contribution >= 0.6 is 0 Å². The van der Waals surface area contributed by atoms with E-state index in [1.807, 2.05) is 16.7 Å². The molecule has 0 N–H and O–H groups in total. The molecule has 0 saturated heterocycles. The first kappa shape index (κ1) is 23.1. The molecule has 0 atom stereocenters. The van der Waals surface area contributed by atoms with E-state index in [-0.39, 0.29) is 26.6 Å². The zero-order valence-corrected chi connectivity index (χ0v) is 25.8. The molecule has 0 amide bonds. The summed E-state index contributed by atoms with van der Waals surface area (Å²) in [6, 6.07) is 38.3. The Morgan fingerprint density at radius 3 is 2.45 bits per heavy atom. The first-order valence-corrected chi connectivity index (χ1v) is 16.2. The molecule has 200 valence electrons. The third kappa shape index (κ3) is 4.20. The number of pyridine rings is 1. The number of aromatic nitrogens is 2. The van der Waals surface area contributed by atoms with Crippen LogP contribution in [0.25, 0.3) is 27.6 Å². The summed E-state index contributed by atoms with van der Waals surface area (Å²) < 4.78 is 25.9. The Labute approximate surface area is 255 Å². The SMILES string of the molecule is [2H]C([2H])([2H])c1ccnc(-n2c3[c-]c([Si](C)(C)c4[c-]c(N5CN(C)c6ccccc65)ccc4)ccc3c3ccccc32)c1.[Pt+2]. The van der Waals surface area contributed by atoms with E-state index in [0.717, 1.165) is 39.3 Å². The van der Waals surface area contributed by atoms with E-state index in [0.29, 0.717) is 5.82 Å². The fraction of sp³-hybridized carbons (Fsp3) is 0.147. The van der Waals surface area contributed by atoms with Crippen LogP contribution in [0.15, 0.2) is 97.2 Å².